The summed E-state index contributed by atoms with van der Waals surface area (Å²) >= 11 is 3.22. The average molecular weight is 384 g/mol. The quantitative estimate of drug-likeness (QED) is 0.673. The van der Waals surface area contributed by atoms with Gasteiger partial charge in [0, 0.05) is 18.0 Å². The number of carbonyl (C=O) groups excluding carboxylic acids is 1. The fourth-order valence-corrected chi connectivity index (χ4v) is 3.23. The fourth-order valence-electron chi connectivity index (χ4n) is 2.89. The molecule has 0 aliphatic heterocycles. The summed E-state index contributed by atoms with van der Waals surface area (Å²) in [5.74, 6) is -0.0690. The highest BCUT2D eigenvalue weighted by Crippen LogP contribution is 2.28. The third kappa shape index (κ3) is 3.77. The van der Waals surface area contributed by atoms with Gasteiger partial charge in [-0.15, -0.1) is 0 Å². The second-order valence-corrected chi connectivity index (χ2v) is 6.48. The van der Waals surface area contributed by atoms with Crippen molar-refractivity contribution < 1.29 is 9.21 Å². The maximum Gasteiger partial charge on any atom is 0.254 e. The Morgan fingerprint density at radius 3 is 2.00 bits per heavy atom. The Morgan fingerprint density at radius 1 is 1.00 bits per heavy atom. The lowest BCUT2D eigenvalue weighted by molar-refractivity contribution is 0.0936. The Hall–Kier alpha value is -2.33. The molecule has 1 heterocycles. The molecule has 0 aliphatic rings. The smallest absolute Gasteiger partial charge is 0.254 e. The van der Waals surface area contributed by atoms with Crippen LogP contribution in [0.2, 0.25) is 0 Å². The van der Waals surface area contributed by atoms with Crippen molar-refractivity contribution in [3.8, 4) is 0 Å². The largest absolute Gasteiger partial charge is 0.457 e. The molecule has 0 spiro atoms. The van der Waals surface area contributed by atoms with Crippen LogP contribution >= 0.6 is 15.9 Å². The lowest BCUT2D eigenvalue weighted by atomic mass is 9.85. The molecule has 1 N–H and O–H groups in total. The van der Waals surface area contributed by atoms with Crippen molar-refractivity contribution in [2.45, 2.75) is 18.9 Å². The lowest BCUT2D eigenvalue weighted by Crippen LogP contribution is -2.37. The minimum Gasteiger partial charge on any atom is -0.457 e. The molecule has 0 bridgehead atoms. The molecule has 122 valence electrons. The molecule has 0 radical (unpaired) electrons. The van der Waals surface area contributed by atoms with Crippen LogP contribution < -0.4 is 5.32 Å². The van der Waals surface area contributed by atoms with E-state index in [1.54, 1.807) is 6.07 Å². The van der Waals surface area contributed by atoms with E-state index in [2.05, 4.69) is 45.5 Å². The van der Waals surface area contributed by atoms with Gasteiger partial charge in [-0.2, -0.15) is 0 Å². The summed E-state index contributed by atoms with van der Waals surface area (Å²) in [6.45, 7) is 2.03. The van der Waals surface area contributed by atoms with E-state index in [0.717, 1.165) is 0 Å². The van der Waals surface area contributed by atoms with Crippen LogP contribution in [0.3, 0.4) is 0 Å². The van der Waals surface area contributed by atoms with Gasteiger partial charge >= 0.3 is 0 Å². The van der Waals surface area contributed by atoms with Crippen molar-refractivity contribution in [1.29, 1.82) is 0 Å². The third-order valence-electron chi connectivity index (χ3n) is 4.01. The summed E-state index contributed by atoms with van der Waals surface area (Å²) in [7, 11) is 0. The summed E-state index contributed by atoms with van der Waals surface area (Å²) in [5.41, 5.74) is 2.85. The van der Waals surface area contributed by atoms with Gasteiger partial charge < -0.3 is 9.73 Å². The summed E-state index contributed by atoms with van der Waals surface area (Å²) in [5, 5.41) is 3.09. The first-order chi connectivity index (χ1) is 11.6. The van der Waals surface area contributed by atoms with Crippen LogP contribution in [0.15, 0.2) is 82.1 Å². The second-order valence-electron chi connectivity index (χ2n) is 5.70. The van der Waals surface area contributed by atoms with E-state index in [9.17, 15) is 4.79 Å². The molecule has 1 amide bonds. The molecule has 0 fully saturated rings. The van der Waals surface area contributed by atoms with E-state index in [1.807, 2.05) is 43.3 Å². The van der Waals surface area contributed by atoms with Crippen molar-refractivity contribution >= 4 is 21.8 Å². The van der Waals surface area contributed by atoms with E-state index >= 15 is 0 Å². The standard InChI is InChI=1S/C20H18BrNO2/c1-14(22-20(23)17-12-18(21)24-13-17)19(15-8-4-2-5-9-15)16-10-6-3-7-11-16/h2-14,19H,1H3,(H,22,23). The fraction of sp³-hybridized carbons (Fsp3) is 0.150. The monoisotopic (exact) mass is 383 g/mol. The summed E-state index contributed by atoms with van der Waals surface area (Å²) < 4.78 is 5.70. The zero-order valence-corrected chi connectivity index (χ0v) is 14.9. The first-order valence-electron chi connectivity index (χ1n) is 7.80. The molecule has 0 aliphatic carbocycles. The van der Waals surface area contributed by atoms with Gasteiger partial charge in [0.05, 0.1) is 5.56 Å². The minimum absolute atomic E-state index is 0.0732. The molecule has 0 saturated carbocycles. The van der Waals surface area contributed by atoms with Crippen molar-refractivity contribution in [3.05, 3.63) is 94.4 Å². The van der Waals surface area contributed by atoms with Crippen LogP contribution in [0.4, 0.5) is 0 Å². The Balaban J connectivity index is 1.87. The Labute approximate surface area is 149 Å². The van der Waals surface area contributed by atoms with E-state index in [0.29, 0.717) is 10.2 Å². The lowest BCUT2D eigenvalue weighted by Gasteiger charge is -2.26. The van der Waals surface area contributed by atoms with Crippen molar-refractivity contribution in [3.63, 3.8) is 0 Å². The normalized spacial score (nSPS) is 12.1. The number of nitrogens with one attached hydrogen (secondary N) is 1. The van der Waals surface area contributed by atoms with Crippen LogP contribution in [0.1, 0.15) is 34.3 Å². The first kappa shape index (κ1) is 16.5. The SMILES string of the molecule is CC(NC(=O)c1coc(Br)c1)C(c1ccccc1)c1ccccc1. The predicted octanol–water partition coefficient (Wildman–Crippen LogP) is 4.99. The average Bonchev–Trinajstić information content (AvgIpc) is 3.04. The second kappa shape index (κ2) is 7.49. The van der Waals surface area contributed by atoms with Gasteiger partial charge in [-0.25, -0.2) is 0 Å². The van der Waals surface area contributed by atoms with Gasteiger partial charge in [-0.05, 0) is 34.0 Å². The van der Waals surface area contributed by atoms with Crippen molar-refractivity contribution in [1.82, 2.24) is 5.32 Å². The number of hydrogen-bond donors (Lipinski definition) is 1. The predicted molar refractivity (Wildman–Crippen MR) is 98.1 cm³/mol. The summed E-state index contributed by atoms with van der Waals surface area (Å²) in [4.78, 5) is 12.4. The number of halogens is 1. The van der Waals surface area contributed by atoms with Crippen LogP contribution in [0.25, 0.3) is 0 Å². The topological polar surface area (TPSA) is 42.2 Å². The number of amides is 1. The number of carbonyl (C=O) groups is 1. The van der Waals surface area contributed by atoms with Gasteiger partial charge in [0.15, 0.2) is 4.67 Å². The van der Waals surface area contributed by atoms with Crippen molar-refractivity contribution in [2.24, 2.45) is 0 Å². The molecule has 0 saturated heterocycles. The van der Waals surface area contributed by atoms with E-state index in [1.165, 1.54) is 17.4 Å². The molecule has 3 nitrogen and oxygen atoms in total. The van der Waals surface area contributed by atoms with Crippen LogP contribution in [-0.4, -0.2) is 11.9 Å². The third-order valence-corrected chi connectivity index (χ3v) is 4.42. The van der Waals surface area contributed by atoms with Gasteiger partial charge in [-0.3, -0.25) is 4.79 Å². The Bertz CT molecular complexity index is 759. The number of hydrogen-bond acceptors (Lipinski definition) is 2. The molecule has 4 heteroatoms. The van der Waals surface area contributed by atoms with Crippen LogP contribution in [0.5, 0.6) is 0 Å². The maximum absolute atomic E-state index is 12.4. The highest BCUT2D eigenvalue weighted by molar-refractivity contribution is 9.10. The van der Waals surface area contributed by atoms with E-state index < -0.39 is 0 Å². The highest BCUT2D eigenvalue weighted by Gasteiger charge is 2.23. The molecule has 1 aromatic heterocycles. The molecule has 1 unspecified atom stereocenters. The van der Waals surface area contributed by atoms with Gasteiger partial charge in [0.1, 0.15) is 6.26 Å². The van der Waals surface area contributed by atoms with Gasteiger partial charge in [-0.1, -0.05) is 60.7 Å². The number of benzene rings is 2. The maximum atomic E-state index is 12.4. The van der Waals surface area contributed by atoms with Gasteiger partial charge in [0.2, 0.25) is 0 Å². The first-order valence-corrected chi connectivity index (χ1v) is 8.59. The summed E-state index contributed by atoms with van der Waals surface area (Å²) in [6, 6.07) is 22.0. The zero-order valence-electron chi connectivity index (χ0n) is 13.3. The number of furan rings is 1. The van der Waals surface area contributed by atoms with Crippen LogP contribution in [-0.2, 0) is 0 Å². The molecule has 1 atom stereocenters. The van der Waals surface area contributed by atoms with E-state index in [4.69, 9.17) is 4.42 Å². The van der Waals surface area contributed by atoms with Gasteiger partial charge in [0.25, 0.3) is 5.91 Å². The molecular weight excluding hydrogens is 366 g/mol. The molecular formula is C20H18BrNO2. The van der Waals surface area contributed by atoms with Crippen molar-refractivity contribution in [2.75, 3.05) is 0 Å². The zero-order chi connectivity index (χ0) is 16.9. The Morgan fingerprint density at radius 2 is 1.54 bits per heavy atom. The summed E-state index contributed by atoms with van der Waals surface area (Å²) in [6.07, 6.45) is 1.45. The van der Waals surface area contributed by atoms with Crippen LogP contribution in [0, 0.1) is 0 Å². The Kier molecular flexibility index (Phi) is 5.16. The molecule has 3 rings (SSSR count). The molecule has 24 heavy (non-hydrogen) atoms. The highest BCUT2D eigenvalue weighted by atomic mass is 79.9. The van der Waals surface area contributed by atoms with E-state index in [-0.39, 0.29) is 17.9 Å². The number of rotatable bonds is 5. The minimum atomic E-state index is -0.145. The molecule has 2 aromatic carbocycles. The molecule has 3 aromatic rings.